The quantitative estimate of drug-likeness (QED) is 0.883. The van der Waals surface area contributed by atoms with E-state index in [1.54, 1.807) is 6.92 Å². The van der Waals surface area contributed by atoms with E-state index in [-0.39, 0.29) is 17.4 Å². The Morgan fingerprint density at radius 3 is 2.70 bits per heavy atom. The molecule has 6 nitrogen and oxygen atoms in total. The van der Waals surface area contributed by atoms with Gasteiger partial charge in [0.1, 0.15) is 16.4 Å². The molecule has 0 atom stereocenters. The highest BCUT2D eigenvalue weighted by molar-refractivity contribution is 7.93. The van der Waals surface area contributed by atoms with Gasteiger partial charge in [0, 0.05) is 11.4 Å². The maximum absolute atomic E-state index is 12.3. The standard InChI is InChI=1S/C12H17N3O3S2/c1-7(2)10-6-19-12(14-10)15-20(16,17)11-4-9(5-13)18-8(11)3/h4,6-7H,5,13H2,1-3H3,(H,14,15). The molecule has 0 radical (unpaired) electrons. The van der Waals surface area contributed by atoms with Crippen LogP contribution in [0.2, 0.25) is 0 Å². The number of nitrogens with two attached hydrogens (primary N) is 1. The lowest BCUT2D eigenvalue weighted by molar-refractivity contribution is 0.479. The zero-order valence-corrected chi connectivity index (χ0v) is 13.1. The molecule has 2 rings (SSSR count). The van der Waals surface area contributed by atoms with Crippen molar-refractivity contribution < 1.29 is 12.8 Å². The van der Waals surface area contributed by atoms with Crippen LogP contribution in [0.4, 0.5) is 5.13 Å². The van der Waals surface area contributed by atoms with Crippen LogP contribution in [0.15, 0.2) is 20.8 Å². The van der Waals surface area contributed by atoms with E-state index < -0.39 is 10.0 Å². The second-order valence-electron chi connectivity index (χ2n) is 4.67. The molecule has 110 valence electrons. The van der Waals surface area contributed by atoms with Crippen LogP contribution in [0.25, 0.3) is 0 Å². The van der Waals surface area contributed by atoms with E-state index >= 15 is 0 Å². The molecule has 0 aliphatic heterocycles. The van der Waals surface area contributed by atoms with E-state index in [1.165, 1.54) is 17.4 Å². The lowest BCUT2D eigenvalue weighted by Gasteiger charge is -2.03. The Labute approximate surface area is 122 Å². The summed E-state index contributed by atoms with van der Waals surface area (Å²) in [7, 11) is -3.70. The van der Waals surface area contributed by atoms with Crippen molar-refractivity contribution in [3.63, 3.8) is 0 Å². The molecule has 0 unspecified atom stereocenters. The molecule has 0 amide bonds. The first-order chi connectivity index (χ1) is 9.33. The van der Waals surface area contributed by atoms with Gasteiger partial charge in [-0.1, -0.05) is 13.8 Å². The Hall–Kier alpha value is -1.38. The highest BCUT2D eigenvalue weighted by atomic mass is 32.2. The largest absolute Gasteiger partial charge is 0.464 e. The molecule has 0 fully saturated rings. The molecular formula is C12H17N3O3S2. The van der Waals surface area contributed by atoms with Gasteiger partial charge in [-0.25, -0.2) is 13.4 Å². The van der Waals surface area contributed by atoms with Crippen molar-refractivity contribution in [3.8, 4) is 0 Å². The van der Waals surface area contributed by atoms with Gasteiger partial charge in [-0.05, 0) is 12.8 Å². The summed E-state index contributed by atoms with van der Waals surface area (Å²) in [6, 6.07) is 1.44. The van der Waals surface area contributed by atoms with Gasteiger partial charge >= 0.3 is 0 Å². The van der Waals surface area contributed by atoms with E-state index in [0.29, 0.717) is 16.7 Å². The zero-order chi connectivity index (χ0) is 14.9. The van der Waals surface area contributed by atoms with Crippen LogP contribution in [0, 0.1) is 6.92 Å². The number of thiazole rings is 1. The third-order valence-corrected chi connectivity index (χ3v) is 5.10. The summed E-state index contributed by atoms with van der Waals surface area (Å²) >= 11 is 1.26. The molecule has 20 heavy (non-hydrogen) atoms. The minimum Gasteiger partial charge on any atom is -0.464 e. The van der Waals surface area contributed by atoms with Crippen molar-refractivity contribution in [3.05, 3.63) is 28.7 Å². The number of anilines is 1. The number of rotatable bonds is 5. The first-order valence-electron chi connectivity index (χ1n) is 6.11. The van der Waals surface area contributed by atoms with Crippen molar-refractivity contribution >= 4 is 26.5 Å². The Morgan fingerprint density at radius 2 is 2.20 bits per heavy atom. The maximum atomic E-state index is 12.3. The minimum absolute atomic E-state index is 0.0965. The topological polar surface area (TPSA) is 98.2 Å². The summed E-state index contributed by atoms with van der Waals surface area (Å²) in [6.45, 7) is 5.75. The van der Waals surface area contributed by atoms with E-state index in [2.05, 4.69) is 9.71 Å². The van der Waals surface area contributed by atoms with Crippen molar-refractivity contribution in [1.29, 1.82) is 0 Å². The summed E-state index contributed by atoms with van der Waals surface area (Å²) < 4.78 is 32.3. The number of aryl methyl sites for hydroxylation is 1. The number of hydrogen-bond donors (Lipinski definition) is 2. The Bertz CT molecular complexity index is 701. The predicted octanol–water partition coefficient (Wildman–Crippen LogP) is 2.43. The van der Waals surface area contributed by atoms with E-state index in [0.717, 1.165) is 5.69 Å². The first kappa shape index (κ1) is 15.0. The molecule has 0 spiro atoms. The van der Waals surface area contributed by atoms with Crippen molar-refractivity contribution in [2.24, 2.45) is 5.73 Å². The van der Waals surface area contributed by atoms with Crippen molar-refractivity contribution in [1.82, 2.24) is 4.98 Å². The number of hydrogen-bond acceptors (Lipinski definition) is 6. The average Bonchev–Trinajstić information content (AvgIpc) is 2.95. The maximum Gasteiger partial charge on any atom is 0.267 e. The van der Waals surface area contributed by atoms with Gasteiger partial charge in [-0.3, -0.25) is 4.72 Å². The van der Waals surface area contributed by atoms with Crippen LogP contribution < -0.4 is 10.5 Å². The molecule has 0 bridgehead atoms. The second kappa shape index (κ2) is 5.55. The number of aromatic nitrogens is 1. The molecule has 0 saturated heterocycles. The molecule has 2 aromatic heterocycles. The number of sulfonamides is 1. The van der Waals surface area contributed by atoms with Crippen LogP contribution in [0.5, 0.6) is 0 Å². The molecule has 0 saturated carbocycles. The molecule has 0 aliphatic carbocycles. The average molecular weight is 315 g/mol. The predicted molar refractivity (Wildman–Crippen MR) is 78.3 cm³/mol. The lowest BCUT2D eigenvalue weighted by Crippen LogP contribution is -2.13. The Morgan fingerprint density at radius 1 is 1.50 bits per heavy atom. The monoisotopic (exact) mass is 315 g/mol. The smallest absolute Gasteiger partial charge is 0.267 e. The van der Waals surface area contributed by atoms with Crippen LogP contribution >= 0.6 is 11.3 Å². The molecule has 8 heteroatoms. The molecule has 2 heterocycles. The van der Waals surface area contributed by atoms with Crippen LogP contribution in [-0.4, -0.2) is 13.4 Å². The van der Waals surface area contributed by atoms with Gasteiger partial charge in [0.15, 0.2) is 5.13 Å². The molecule has 2 aromatic rings. The van der Waals surface area contributed by atoms with Crippen molar-refractivity contribution in [2.45, 2.75) is 38.1 Å². The summed E-state index contributed by atoms with van der Waals surface area (Å²) in [6.07, 6.45) is 0. The van der Waals surface area contributed by atoms with Gasteiger partial charge in [-0.15, -0.1) is 11.3 Å². The summed E-state index contributed by atoms with van der Waals surface area (Å²) in [5, 5.41) is 2.19. The second-order valence-corrected chi connectivity index (χ2v) is 7.18. The van der Waals surface area contributed by atoms with Crippen LogP contribution in [0.1, 0.15) is 37.0 Å². The number of furan rings is 1. The van der Waals surface area contributed by atoms with E-state index in [9.17, 15) is 8.42 Å². The molecule has 0 aromatic carbocycles. The van der Waals surface area contributed by atoms with E-state index in [1.807, 2.05) is 19.2 Å². The lowest BCUT2D eigenvalue weighted by atomic mass is 10.2. The van der Waals surface area contributed by atoms with Gasteiger partial charge in [0.2, 0.25) is 0 Å². The fourth-order valence-electron chi connectivity index (χ4n) is 1.66. The van der Waals surface area contributed by atoms with Gasteiger partial charge in [0.05, 0.1) is 12.2 Å². The fraction of sp³-hybridized carbons (Fsp3) is 0.417. The van der Waals surface area contributed by atoms with Gasteiger partial charge in [0.25, 0.3) is 10.0 Å². The Balaban J connectivity index is 2.28. The highest BCUT2D eigenvalue weighted by Crippen LogP contribution is 2.26. The minimum atomic E-state index is -3.70. The third kappa shape index (κ3) is 3.02. The first-order valence-corrected chi connectivity index (χ1v) is 8.47. The highest BCUT2D eigenvalue weighted by Gasteiger charge is 2.22. The van der Waals surface area contributed by atoms with Gasteiger partial charge in [-0.2, -0.15) is 0 Å². The third-order valence-electron chi connectivity index (χ3n) is 2.75. The Kier molecular flexibility index (Phi) is 4.17. The number of nitrogens with one attached hydrogen (secondary N) is 1. The summed E-state index contributed by atoms with van der Waals surface area (Å²) in [5.41, 5.74) is 6.31. The molecule has 3 N–H and O–H groups in total. The summed E-state index contributed by atoms with van der Waals surface area (Å²) in [5.74, 6) is 1.01. The summed E-state index contributed by atoms with van der Waals surface area (Å²) in [4.78, 5) is 4.35. The SMILES string of the molecule is Cc1oc(CN)cc1S(=O)(=O)Nc1nc(C(C)C)cs1. The zero-order valence-electron chi connectivity index (χ0n) is 11.5. The van der Waals surface area contributed by atoms with Crippen LogP contribution in [0.3, 0.4) is 0 Å². The fourth-order valence-corrected chi connectivity index (χ4v) is 3.99. The van der Waals surface area contributed by atoms with Crippen LogP contribution in [-0.2, 0) is 16.6 Å². The normalized spacial score (nSPS) is 12.1. The van der Waals surface area contributed by atoms with Gasteiger partial charge < -0.3 is 10.2 Å². The van der Waals surface area contributed by atoms with E-state index in [4.69, 9.17) is 10.2 Å². The van der Waals surface area contributed by atoms with Crippen molar-refractivity contribution in [2.75, 3.05) is 4.72 Å². The molecule has 0 aliphatic rings. The molecular weight excluding hydrogens is 298 g/mol. The number of nitrogens with zero attached hydrogens (tertiary/aromatic N) is 1.